The van der Waals surface area contributed by atoms with Crippen molar-refractivity contribution in [3.05, 3.63) is 60.2 Å². The zero-order chi connectivity index (χ0) is 33.3. The minimum absolute atomic E-state index is 0.000337. The molecular weight excluding hydrogens is 637 g/mol. The molecule has 1 saturated carbocycles. The van der Waals surface area contributed by atoms with Crippen molar-refractivity contribution in [2.45, 2.75) is 74.8 Å². The van der Waals surface area contributed by atoms with Gasteiger partial charge < -0.3 is 30.1 Å². The first-order chi connectivity index (χ1) is 22.5. The second-order valence-corrected chi connectivity index (χ2v) is 13.2. The van der Waals surface area contributed by atoms with Crippen molar-refractivity contribution in [2.75, 3.05) is 19.0 Å². The number of hydrogen-bond acceptors (Lipinski definition) is 8. The van der Waals surface area contributed by atoms with Gasteiger partial charge in [0.05, 0.1) is 29.4 Å². The van der Waals surface area contributed by atoms with E-state index in [0.717, 1.165) is 29.7 Å². The second-order valence-electron chi connectivity index (χ2n) is 12.2. The Hall–Kier alpha value is -4.33. The normalized spacial score (nSPS) is 27.5. The zero-order valence-electron chi connectivity index (χ0n) is 25.6. The predicted octanol–water partition coefficient (Wildman–Crippen LogP) is 5.63. The van der Waals surface area contributed by atoms with E-state index in [4.69, 9.17) is 9.47 Å². The molecular formula is C33H35F3N4O6S. The summed E-state index contributed by atoms with van der Waals surface area (Å²) in [5, 5.41) is 16.1. The highest BCUT2D eigenvalue weighted by molar-refractivity contribution is 7.20. The fraction of sp³-hybridized carbons (Fsp3) is 0.455. The lowest BCUT2D eigenvalue weighted by Crippen LogP contribution is -2.55. The number of anilines is 1. The van der Waals surface area contributed by atoms with Crippen LogP contribution in [0.15, 0.2) is 54.6 Å². The number of nitrogens with one attached hydrogen (secondary N) is 2. The summed E-state index contributed by atoms with van der Waals surface area (Å²) in [6.45, 7) is 0.000337. The van der Waals surface area contributed by atoms with Crippen LogP contribution in [0.25, 0.3) is 10.2 Å². The monoisotopic (exact) mass is 672 g/mol. The lowest BCUT2D eigenvalue weighted by Gasteiger charge is -2.30. The summed E-state index contributed by atoms with van der Waals surface area (Å²) < 4.78 is 52.8. The van der Waals surface area contributed by atoms with Gasteiger partial charge >= 0.3 is 12.1 Å². The Morgan fingerprint density at radius 1 is 1.17 bits per heavy atom. The molecule has 0 spiro atoms. The first-order valence-electron chi connectivity index (χ1n) is 15.5. The highest BCUT2D eigenvalue weighted by Gasteiger charge is 2.61. The van der Waals surface area contributed by atoms with Crippen LogP contribution in [-0.4, -0.2) is 70.2 Å². The number of hydrogen-bond donors (Lipinski definition) is 3. The largest absolute Gasteiger partial charge is 0.497 e. The van der Waals surface area contributed by atoms with E-state index in [1.807, 2.05) is 18.2 Å². The lowest BCUT2D eigenvalue weighted by atomic mass is 10.0. The number of carboxylic acids is 1. The molecule has 3 aromatic rings. The standard InChI is InChI=1S/C33H35F3N4O6S/c1-45-22-12-13-24-27(16-22)47-31(38-24)46-23-15-26-28(41)39-32(30(43)44)17-20(32)8-5-3-2-4-6-11-25(29(42)40(26)18-23)37-21-10-7-9-19(14-21)33(34,35)36/h5,7-10,12-14,16,20,23,25-26,37H,2-4,6,11,15,17-18H2,1H3,(H,39,41)(H,43,44)/b8-5-/t20-,23-,25+,26+,32-/m1/s1. The van der Waals surface area contributed by atoms with Crippen LogP contribution in [-0.2, 0) is 20.6 Å². The van der Waals surface area contributed by atoms with Crippen molar-refractivity contribution < 1.29 is 42.1 Å². The number of methoxy groups -OCH3 is 1. The van der Waals surface area contributed by atoms with E-state index in [1.165, 1.54) is 28.4 Å². The highest BCUT2D eigenvalue weighted by atomic mass is 32.1. The zero-order valence-corrected chi connectivity index (χ0v) is 26.4. The summed E-state index contributed by atoms with van der Waals surface area (Å²) in [5.41, 5.74) is -1.50. The molecule has 0 radical (unpaired) electrons. The molecule has 0 bridgehead atoms. The molecule has 47 heavy (non-hydrogen) atoms. The van der Waals surface area contributed by atoms with Gasteiger partial charge in [-0.1, -0.05) is 42.4 Å². The number of halogens is 3. The van der Waals surface area contributed by atoms with E-state index in [-0.39, 0.29) is 31.0 Å². The van der Waals surface area contributed by atoms with Crippen LogP contribution in [0, 0.1) is 5.92 Å². The van der Waals surface area contributed by atoms with Gasteiger partial charge in [0.2, 0.25) is 11.8 Å². The summed E-state index contributed by atoms with van der Waals surface area (Å²) >= 11 is 1.28. The quantitative estimate of drug-likeness (QED) is 0.288. The predicted molar refractivity (Wildman–Crippen MR) is 168 cm³/mol. The third-order valence-corrected chi connectivity index (χ3v) is 9.90. The van der Waals surface area contributed by atoms with E-state index < -0.39 is 53.2 Å². The first-order valence-corrected chi connectivity index (χ1v) is 16.4. The fourth-order valence-corrected chi connectivity index (χ4v) is 7.25. The second kappa shape index (κ2) is 13.1. The number of fused-ring (bicyclic) bond motifs is 3. The van der Waals surface area contributed by atoms with Gasteiger partial charge in [-0.3, -0.25) is 9.59 Å². The summed E-state index contributed by atoms with van der Waals surface area (Å²) in [7, 11) is 1.56. The van der Waals surface area contributed by atoms with Crippen LogP contribution in [0.2, 0.25) is 0 Å². The smallest absolute Gasteiger partial charge is 0.416 e. The average Bonchev–Trinajstić information content (AvgIpc) is 3.35. The number of allylic oxidation sites excluding steroid dienone is 1. The van der Waals surface area contributed by atoms with Gasteiger partial charge in [0, 0.05) is 18.0 Å². The highest BCUT2D eigenvalue weighted by Crippen LogP contribution is 2.45. The Morgan fingerprint density at radius 3 is 2.77 bits per heavy atom. The number of carboxylic acid groups (broad SMARTS) is 1. The molecule has 1 saturated heterocycles. The number of benzene rings is 2. The van der Waals surface area contributed by atoms with Crippen LogP contribution in [0.3, 0.4) is 0 Å². The molecule has 2 aliphatic heterocycles. The average molecular weight is 673 g/mol. The summed E-state index contributed by atoms with van der Waals surface area (Å²) in [5.74, 6) is -1.97. The molecule has 3 aliphatic rings. The van der Waals surface area contributed by atoms with Gasteiger partial charge in [-0.2, -0.15) is 13.2 Å². The third kappa shape index (κ3) is 7.02. The Morgan fingerprint density at radius 2 is 2.00 bits per heavy atom. The third-order valence-electron chi connectivity index (χ3n) is 9.00. The van der Waals surface area contributed by atoms with Crippen molar-refractivity contribution in [2.24, 2.45) is 5.92 Å². The molecule has 250 valence electrons. The van der Waals surface area contributed by atoms with Crippen LogP contribution >= 0.6 is 11.3 Å². The maximum absolute atomic E-state index is 14.3. The number of amides is 2. The van der Waals surface area contributed by atoms with E-state index in [0.29, 0.717) is 35.7 Å². The number of aromatic nitrogens is 1. The van der Waals surface area contributed by atoms with Crippen LogP contribution in [0.1, 0.15) is 50.5 Å². The summed E-state index contributed by atoms with van der Waals surface area (Å²) in [4.78, 5) is 46.3. The van der Waals surface area contributed by atoms with E-state index in [1.54, 1.807) is 19.2 Å². The first kappa shape index (κ1) is 32.6. The van der Waals surface area contributed by atoms with Crippen LogP contribution in [0.5, 0.6) is 10.9 Å². The summed E-state index contributed by atoms with van der Waals surface area (Å²) in [6, 6.07) is 8.04. The molecule has 0 unspecified atom stereocenters. The van der Waals surface area contributed by atoms with Gasteiger partial charge in [-0.05, 0) is 62.1 Å². The van der Waals surface area contributed by atoms with Gasteiger partial charge in [0.1, 0.15) is 29.5 Å². The number of alkyl halides is 3. The Balaban J connectivity index is 1.29. The molecule has 14 heteroatoms. The van der Waals surface area contributed by atoms with Crippen LogP contribution in [0.4, 0.5) is 18.9 Å². The topological polar surface area (TPSA) is 130 Å². The number of nitrogens with zero attached hydrogens (tertiary/aromatic N) is 2. The molecule has 3 N–H and O–H groups in total. The molecule has 3 heterocycles. The fourth-order valence-electron chi connectivity index (χ4n) is 6.34. The number of carbonyl (C=O) groups excluding carboxylic acids is 2. The number of ether oxygens (including phenoxy) is 2. The van der Waals surface area contributed by atoms with Crippen molar-refractivity contribution in [1.29, 1.82) is 0 Å². The molecule has 1 aliphatic carbocycles. The molecule has 2 aromatic carbocycles. The SMILES string of the molecule is COc1ccc2nc(O[C@@H]3C[C@H]4C(=O)N[C@]5(C(=O)O)C[C@H]5/C=C\CCCCC[C@H](Nc5cccc(C(F)(F)F)c5)C(=O)N4C3)sc2c1. The minimum Gasteiger partial charge on any atom is -0.497 e. The maximum atomic E-state index is 14.3. The van der Waals surface area contributed by atoms with Gasteiger partial charge in [0.15, 0.2) is 0 Å². The molecule has 1 aromatic heterocycles. The van der Waals surface area contributed by atoms with E-state index in [9.17, 15) is 32.7 Å². The van der Waals surface area contributed by atoms with Gasteiger partial charge in [-0.15, -0.1) is 0 Å². The minimum atomic E-state index is -4.56. The maximum Gasteiger partial charge on any atom is 0.416 e. The molecule has 5 atom stereocenters. The number of carbonyl (C=O) groups is 3. The molecule has 6 rings (SSSR count). The number of aliphatic carboxylic acids is 1. The van der Waals surface area contributed by atoms with Gasteiger partial charge in [-0.25, -0.2) is 9.78 Å². The summed E-state index contributed by atoms with van der Waals surface area (Å²) in [6.07, 6.45) is 2.01. The Kier molecular flexibility index (Phi) is 9.05. The van der Waals surface area contributed by atoms with Crippen molar-refractivity contribution in [1.82, 2.24) is 15.2 Å². The van der Waals surface area contributed by atoms with Gasteiger partial charge in [0.25, 0.3) is 5.19 Å². The molecule has 2 amide bonds. The van der Waals surface area contributed by atoms with Crippen molar-refractivity contribution in [3.63, 3.8) is 0 Å². The number of rotatable bonds is 6. The van der Waals surface area contributed by atoms with E-state index in [2.05, 4.69) is 15.6 Å². The molecule has 10 nitrogen and oxygen atoms in total. The Labute approximate surface area is 272 Å². The number of thiazole rings is 1. The lowest BCUT2D eigenvalue weighted by molar-refractivity contribution is -0.145. The molecule has 2 fully saturated rings. The van der Waals surface area contributed by atoms with Crippen LogP contribution < -0.4 is 20.1 Å². The Bertz CT molecular complexity index is 1700. The van der Waals surface area contributed by atoms with E-state index >= 15 is 0 Å². The van der Waals surface area contributed by atoms with Crippen molar-refractivity contribution >= 4 is 45.0 Å². The van der Waals surface area contributed by atoms with Crippen molar-refractivity contribution in [3.8, 4) is 10.9 Å².